The molecule has 1 heterocycles. The first-order valence-corrected chi connectivity index (χ1v) is 3.89. The summed E-state index contributed by atoms with van der Waals surface area (Å²) in [7, 11) is 0. The minimum atomic E-state index is -0.209. The van der Waals surface area contributed by atoms with E-state index in [1.54, 1.807) is 24.1 Å². The van der Waals surface area contributed by atoms with E-state index in [0.717, 1.165) is 0 Å². The van der Waals surface area contributed by atoms with Gasteiger partial charge < -0.3 is 9.64 Å². The van der Waals surface area contributed by atoms with E-state index in [0.29, 0.717) is 13.3 Å². The van der Waals surface area contributed by atoms with E-state index < -0.39 is 0 Å². The molecule has 0 amide bonds. The minimum Gasteiger partial charge on any atom is -0.465 e. The molecule has 0 fully saturated rings. The smallest absolute Gasteiger partial charge is 0.325 e. The Bertz CT molecular complexity index is 216. The maximum absolute atomic E-state index is 11.0. The molecule has 0 bridgehead atoms. The van der Waals surface area contributed by atoms with Gasteiger partial charge in [0, 0.05) is 12.4 Å². The molecule has 5 heteroatoms. The Kier molecular flexibility index (Phi) is 5.97. The highest BCUT2D eigenvalue weighted by molar-refractivity contribution is 5.85. The van der Waals surface area contributed by atoms with Crippen LogP contribution in [-0.4, -0.2) is 36.9 Å². The molecule has 0 saturated heterocycles. The van der Waals surface area contributed by atoms with Gasteiger partial charge in [0.25, 0.3) is 0 Å². The van der Waals surface area contributed by atoms with Gasteiger partial charge in [-0.05, 0) is 13.0 Å². The maximum Gasteiger partial charge on any atom is 0.325 e. The van der Waals surface area contributed by atoms with Gasteiger partial charge in [0.05, 0.1) is 6.61 Å². The summed E-state index contributed by atoms with van der Waals surface area (Å²) in [5.41, 5.74) is 0. The second-order valence-corrected chi connectivity index (χ2v) is 2.37. The van der Waals surface area contributed by atoms with Crippen LogP contribution in [0.15, 0.2) is 17.3 Å². The van der Waals surface area contributed by atoms with Gasteiger partial charge in [-0.25, -0.2) is 0 Å². The van der Waals surface area contributed by atoms with Gasteiger partial charge in [0.2, 0.25) is 0 Å². The Labute approximate surface area is 83.7 Å². The molecule has 13 heavy (non-hydrogen) atoms. The fourth-order valence-corrected chi connectivity index (χ4v) is 0.895. The van der Waals surface area contributed by atoms with Crippen LogP contribution >= 0.6 is 12.4 Å². The summed E-state index contributed by atoms with van der Waals surface area (Å²) >= 11 is 0. The van der Waals surface area contributed by atoms with Gasteiger partial charge in [-0.15, -0.1) is 12.4 Å². The Morgan fingerprint density at radius 3 is 3.00 bits per heavy atom. The van der Waals surface area contributed by atoms with E-state index in [4.69, 9.17) is 4.74 Å². The zero-order valence-electron chi connectivity index (χ0n) is 7.47. The van der Waals surface area contributed by atoms with Crippen LogP contribution in [0, 0.1) is 0 Å². The number of hydrogen-bond acceptors (Lipinski definition) is 4. The first-order chi connectivity index (χ1) is 5.83. The fourth-order valence-electron chi connectivity index (χ4n) is 0.895. The average Bonchev–Trinajstić information content (AvgIpc) is 2.06. The molecule has 74 valence electrons. The van der Waals surface area contributed by atoms with Crippen molar-refractivity contribution in [3.8, 4) is 0 Å². The predicted octanol–water partition coefficient (Wildman–Crippen LogP) is 0.829. The fraction of sp³-hybridized carbons (Fsp3) is 0.500. The van der Waals surface area contributed by atoms with Crippen LogP contribution in [0.25, 0.3) is 0 Å². The Hall–Kier alpha value is -1.03. The lowest BCUT2D eigenvalue weighted by molar-refractivity contribution is -0.143. The molecular formula is C8H13ClN2O2. The van der Waals surface area contributed by atoms with Crippen molar-refractivity contribution in [2.75, 3.05) is 19.8 Å². The molecule has 1 rings (SSSR count). The van der Waals surface area contributed by atoms with Gasteiger partial charge in [-0.2, -0.15) is 0 Å². The summed E-state index contributed by atoms with van der Waals surface area (Å²) in [5.74, 6) is -0.209. The van der Waals surface area contributed by atoms with Crippen molar-refractivity contribution < 1.29 is 9.53 Å². The second-order valence-electron chi connectivity index (χ2n) is 2.37. The Balaban J connectivity index is 0.00000144. The number of rotatable bonds is 3. The molecule has 0 N–H and O–H groups in total. The molecular weight excluding hydrogens is 192 g/mol. The average molecular weight is 205 g/mol. The molecule has 0 aromatic heterocycles. The second kappa shape index (κ2) is 6.48. The topological polar surface area (TPSA) is 41.9 Å². The van der Waals surface area contributed by atoms with E-state index in [2.05, 4.69) is 4.99 Å². The van der Waals surface area contributed by atoms with Crippen molar-refractivity contribution in [1.82, 2.24) is 4.90 Å². The lowest BCUT2D eigenvalue weighted by Gasteiger charge is -2.17. The van der Waals surface area contributed by atoms with Gasteiger partial charge in [0.1, 0.15) is 13.2 Å². The lowest BCUT2D eigenvalue weighted by atomic mass is 10.5. The SMILES string of the molecule is CCOC(=O)CN1C=CC=NC1.Cl. The largest absolute Gasteiger partial charge is 0.465 e. The molecule has 0 unspecified atom stereocenters. The molecule has 4 nitrogen and oxygen atoms in total. The van der Waals surface area contributed by atoms with E-state index >= 15 is 0 Å². The minimum absolute atomic E-state index is 0. The maximum atomic E-state index is 11.0. The number of nitrogens with zero attached hydrogens (tertiary/aromatic N) is 2. The quantitative estimate of drug-likeness (QED) is 0.640. The standard InChI is InChI=1S/C8H12N2O2.ClH/c1-2-12-8(11)6-10-5-3-4-9-7-10;/h3-5H,2,6-7H2,1H3;1H. The van der Waals surface area contributed by atoms with Crippen molar-refractivity contribution >= 4 is 24.6 Å². The molecule has 0 aromatic carbocycles. The number of carbonyl (C=O) groups is 1. The third kappa shape index (κ3) is 4.52. The normalized spacial score (nSPS) is 13.8. The molecule has 0 saturated carbocycles. The first kappa shape index (κ1) is 12.0. The third-order valence-electron chi connectivity index (χ3n) is 1.39. The number of hydrogen-bond donors (Lipinski definition) is 0. The van der Waals surface area contributed by atoms with Crippen LogP contribution in [0.3, 0.4) is 0 Å². The molecule has 0 aromatic rings. The van der Waals surface area contributed by atoms with Crippen molar-refractivity contribution in [3.05, 3.63) is 12.3 Å². The summed E-state index contributed by atoms with van der Waals surface area (Å²) in [6, 6.07) is 0. The van der Waals surface area contributed by atoms with Gasteiger partial charge in [0.15, 0.2) is 0 Å². The van der Waals surface area contributed by atoms with Gasteiger partial charge in [-0.3, -0.25) is 9.79 Å². The van der Waals surface area contributed by atoms with Crippen LogP contribution in [0.4, 0.5) is 0 Å². The molecule has 0 spiro atoms. The zero-order chi connectivity index (χ0) is 8.81. The first-order valence-electron chi connectivity index (χ1n) is 3.89. The van der Waals surface area contributed by atoms with E-state index in [-0.39, 0.29) is 24.9 Å². The van der Waals surface area contributed by atoms with Crippen LogP contribution in [0.2, 0.25) is 0 Å². The van der Waals surface area contributed by atoms with Crippen LogP contribution in [0.1, 0.15) is 6.92 Å². The third-order valence-corrected chi connectivity index (χ3v) is 1.39. The number of esters is 1. The number of aliphatic imine (C=N–C) groups is 1. The Morgan fingerprint density at radius 1 is 1.69 bits per heavy atom. The van der Waals surface area contributed by atoms with Gasteiger partial charge in [-0.1, -0.05) is 0 Å². The van der Waals surface area contributed by atoms with Crippen LogP contribution in [-0.2, 0) is 9.53 Å². The summed E-state index contributed by atoms with van der Waals surface area (Å²) in [5, 5.41) is 0. The Morgan fingerprint density at radius 2 is 2.46 bits per heavy atom. The van der Waals surface area contributed by atoms with Crippen molar-refractivity contribution in [2.24, 2.45) is 4.99 Å². The monoisotopic (exact) mass is 204 g/mol. The van der Waals surface area contributed by atoms with Crippen molar-refractivity contribution in [2.45, 2.75) is 6.92 Å². The number of ether oxygens (including phenoxy) is 1. The summed E-state index contributed by atoms with van der Waals surface area (Å²) in [6.07, 6.45) is 5.33. The summed E-state index contributed by atoms with van der Waals surface area (Å²) < 4.78 is 4.78. The predicted molar refractivity (Wildman–Crippen MR) is 53.1 cm³/mol. The van der Waals surface area contributed by atoms with Crippen LogP contribution in [0.5, 0.6) is 0 Å². The van der Waals surface area contributed by atoms with Crippen molar-refractivity contribution in [1.29, 1.82) is 0 Å². The van der Waals surface area contributed by atoms with Crippen molar-refractivity contribution in [3.63, 3.8) is 0 Å². The number of carbonyl (C=O) groups excluding carboxylic acids is 1. The highest BCUT2D eigenvalue weighted by Crippen LogP contribution is 1.95. The van der Waals surface area contributed by atoms with E-state index in [1.165, 1.54) is 0 Å². The number of allylic oxidation sites excluding steroid dienone is 1. The van der Waals surface area contributed by atoms with Crippen LogP contribution < -0.4 is 0 Å². The lowest BCUT2D eigenvalue weighted by Crippen LogP contribution is -2.27. The highest BCUT2D eigenvalue weighted by Gasteiger charge is 2.07. The van der Waals surface area contributed by atoms with E-state index in [9.17, 15) is 4.79 Å². The zero-order valence-corrected chi connectivity index (χ0v) is 8.29. The molecule has 1 aliphatic rings. The summed E-state index contributed by atoms with van der Waals surface area (Å²) in [4.78, 5) is 16.7. The molecule has 0 aliphatic carbocycles. The van der Waals surface area contributed by atoms with E-state index in [1.807, 2.05) is 6.20 Å². The van der Waals surface area contributed by atoms with Gasteiger partial charge >= 0.3 is 5.97 Å². The molecule has 0 radical (unpaired) electrons. The number of halogens is 1. The highest BCUT2D eigenvalue weighted by atomic mass is 35.5. The molecule has 0 atom stereocenters. The summed E-state index contributed by atoms with van der Waals surface area (Å²) in [6.45, 7) is 3.04. The molecule has 1 aliphatic heterocycles.